The van der Waals surface area contributed by atoms with Crippen molar-refractivity contribution in [3.63, 3.8) is 0 Å². The molecule has 0 aliphatic heterocycles. The summed E-state index contributed by atoms with van der Waals surface area (Å²) in [6.45, 7) is 13.0. The Kier molecular flexibility index (Phi) is 10.3. The molecule has 1 fully saturated rings. The molecule has 6 nitrogen and oxygen atoms in total. The van der Waals surface area contributed by atoms with Crippen LogP contribution in [-0.4, -0.2) is 42.7 Å². The second-order valence-corrected chi connectivity index (χ2v) is 11.8. The Bertz CT molecular complexity index is 1270. The molecule has 4 rings (SSSR count). The number of ether oxygens (including phenoxy) is 2. The Labute approximate surface area is 238 Å². The van der Waals surface area contributed by atoms with Gasteiger partial charge in [0, 0.05) is 48.1 Å². The van der Waals surface area contributed by atoms with Gasteiger partial charge in [0.25, 0.3) is 0 Å². The molecular weight excluding hydrogens is 507 g/mol. The average Bonchev–Trinajstić information content (AvgIpc) is 3.31. The van der Waals surface area contributed by atoms with Crippen LogP contribution in [0.3, 0.4) is 0 Å². The van der Waals surface area contributed by atoms with Gasteiger partial charge in [-0.05, 0) is 81.8 Å². The molecule has 0 spiro atoms. The standard InChI is InChI=1S/C33H45FN2O4/c1-7-24-12-26(34)15-29(13-24)38-23(6)19-35-22(5)9-8-21(4)33(37)32-14-25-10-11-28(18-31(25)40-32)39-30-16-27(17-30)36-20(2)3/h10-15,18,20-23,27,30,35-36H,7-9,16-17,19H2,1-6H3/t21?,22?,23-,27-,30+/m1/s1. The number of carbonyl (C=O) groups excluding carboxylic acids is 1. The molecule has 1 heterocycles. The summed E-state index contributed by atoms with van der Waals surface area (Å²) in [5.41, 5.74) is 1.60. The van der Waals surface area contributed by atoms with Crippen molar-refractivity contribution in [1.82, 2.24) is 10.6 Å². The first-order valence-electron chi connectivity index (χ1n) is 14.8. The first-order chi connectivity index (χ1) is 19.1. The first-order valence-corrected chi connectivity index (χ1v) is 14.8. The lowest BCUT2D eigenvalue weighted by atomic mass is 9.88. The molecule has 0 saturated heterocycles. The normalized spacial score (nSPS) is 19.3. The summed E-state index contributed by atoms with van der Waals surface area (Å²) in [5, 5.41) is 7.92. The van der Waals surface area contributed by atoms with Crippen molar-refractivity contribution in [2.45, 2.75) is 104 Å². The van der Waals surface area contributed by atoms with Crippen LogP contribution < -0.4 is 20.1 Å². The monoisotopic (exact) mass is 552 g/mol. The van der Waals surface area contributed by atoms with Crippen LogP contribution in [0, 0.1) is 11.7 Å². The molecule has 2 unspecified atom stereocenters. The molecule has 2 N–H and O–H groups in total. The molecule has 7 heteroatoms. The molecule has 1 aromatic heterocycles. The van der Waals surface area contributed by atoms with Crippen molar-refractivity contribution in [1.29, 1.82) is 0 Å². The van der Waals surface area contributed by atoms with Crippen molar-refractivity contribution in [2.24, 2.45) is 5.92 Å². The van der Waals surface area contributed by atoms with Crippen molar-refractivity contribution in [3.8, 4) is 11.5 Å². The molecule has 1 aliphatic carbocycles. The topological polar surface area (TPSA) is 72.7 Å². The van der Waals surface area contributed by atoms with Crippen LogP contribution in [0.25, 0.3) is 11.0 Å². The lowest BCUT2D eigenvalue weighted by molar-refractivity contribution is 0.0815. The van der Waals surface area contributed by atoms with Crippen molar-refractivity contribution >= 4 is 16.8 Å². The molecule has 3 aromatic rings. The number of aryl methyl sites for hydroxylation is 1. The zero-order chi connectivity index (χ0) is 28.8. The molecule has 0 bridgehead atoms. The minimum absolute atomic E-state index is 0.0157. The largest absolute Gasteiger partial charge is 0.490 e. The number of nitrogens with one attached hydrogen (secondary N) is 2. The summed E-state index contributed by atoms with van der Waals surface area (Å²) in [7, 11) is 0. The zero-order valence-electron chi connectivity index (χ0n) is 24.8. The van der Waals surface area contributed by atoms with Gasteiger partial charge in [-0.3, -0.25) is 4.79 Å². The van der Waals surface area contributed by atoms with Gasteiger partial charge >= 0.3 is 0 Å². The Hall–Kier alpha value is -2.90. The number of halogens is 1. The van der Waals surface area contributed by atoms with E-state index < -0.39 is 0 Å². The number of Topliss-reactive ketones (excluding diaryl/α,β-unsaturated/α-hetero) is 1. The number of furan rings is 1. The van der Waals surface area contributed by atoms with Crippen molar-refractivity contribution in [3.05, 3.63) is 59.6 Å². The second-order valence-electron chi connectivity index (χ2n) is 11.8. The fourth-order valence-electron chi connectivity index (χ4n) is 5.18. The third-order valence-corrected chi connectivity index (χ3v) is 7.61. The fraction of sp³-hybridized carbons (Fsp3) is 0.545. The van der Waals surface area contributed by atoms with E-state index in [-0.39, 0.29) is 35.8 Å². The molecule has 3 atom stereocenters. The lowest BCUT2D eigenvalue weighted by Gasteiger charge is -2.37. The summed E-state index contributed by atoms with van der Waals surface area (Å²) < 4.78 is 31.8. The zero-order valence-corrected chi connectivity index (χ0v) is 24.8. The minimum Gasteiger partial charge on any atom is -0.490 e. The highest BCUT2D eigenvalue weighted by Crippen LogP contribution is 2.30. The molecule has 2 aromatic carbocycles. The summed E-state index contributed by atoms with van der Waals surface area (Å²) in [6.07, 6.45) is 4.44. The Morgan fingerprint density at radius 3 is 2.52 bits per heavy atom. The Balaban J connectivity index is 1.21. The maximum Gasteiger partial charge on any atom is 0.200 e. The minimum atomic E-state index is -0.276. The van der Waals surface area contributed by atoms with E-state index in [1.54, 1.807) is 0 Å². The third-order valence-electron chi connectivity index (χ3n) is 7.61. The van der Waals surface area contributed by atoms with Crippen LogP contribution in [0.1, 0.15) is 83.3 Å². The van der Waals surface area contributed by atoms with Gasteiger partial charge in [-0.1, -0.05) is 27.7 Å². The van der Waals surface area contributed by atoms with E-state index in [9.17, 15) is 9.18 Å². The van der Waals surface area contributed by atoms with Gasteiger partial charge in [-0.15, -0.1) is 0 Å². The maximum atomic E-state index is 13.8. The highest BCUT2D eigenvalue weighted by Gasteiger charge is 2.31. The van der Waals surface area contributed by atoms with E-state index in [0.717, 1.165) is 48.8 Å². The fourth-order valence-corrected chi connectivity index (χ4v) is 5.18. The van der Waals surface area contributed by atoms with Crippen LogP contribution in [-0.2, 0) is 6.42 Å². The molecular formula is C33H45FN2O4. The number of benzene rings is 2. The molecule has 218 valence electrons. The van der Waals surface area contributed by atoms with Gasteiger partial charge in [0.1, 0.15) is 35.1 Å². The molecule has 0 radical (unpaired) electrons. The Morgan fingerprint density at radius 1 is 1.02 bits per heavy atom. The second kappa shape index (κ2) is 13.6. The van der Waals surface area contributed by atoms with Crippen LogP contribution in [0.5, 0.6) is 11.5 Å². The van der Waals surface area contributed by atoms with Gasteiger partial charge in [0.15, 0.2) is 5.76 Å². The lowest BCUT2D eigenvalue weighted by Crippen LogP contribution is -2.49. The van der Waals surface area contributed by atoms with E-state index in [0.29, 0.717) is 35.7 Å². The third kappa shape index (κ3) is 8.31. The van der Waals surface area contributed by atoms with E-state index in [2.05, 4.69) is 31.4 Å². The quantitative estimate of drug-likeness (QED) is 0.196. The summed E-state index contributed by atoms with van der Waals surface area (Å²) >= 11 is 0. The van der Waals surface area contributed by atoms with Crippen LogP contribution in [0.2, 0.25) is 0 Å². The number of rotatable bonds is 15. The number of hydrogen-bond acceptors (Lipinski definition) is 6. The summed E-state index contributed by atoms with van der Waals surface area (Å²) in [6, 6.07) is 13.7. The van der Waals surface area contributed by atoms with Crippen LogP contribution in [0.15, 0.2) is 46.9 Å². The summed E-state index contributed by atoms with van der Waals surface area (Å²) in [5.74, 6) is 1.31. The smallest absolute Gasteiger partial charge is 0.200 e. The van der Waals surface area contributed by atoms with E-state index in [1.807, 2.05) is 51.1 Å². The number of hydrogen-bond donors (Lipinski definition) is 2. The van der Waals surface area contributed by atoms with Gasteiger partial charge < -0.3 is 24.5 Å². The van der Waals surface area contributed by atoms with E-state index in [1.165, 1.54) is 12.1 Å². The van der Waals surface area contributed by atoms with E-state index in [4.69, 9.17) is 13.9 Å². The molecule has 40 heavy (non-hydrogen) atoms. The maximum absolute atomic E-state index is 13.8. The average molecular weight is 553 g/mol. The van der Waals surface area contributed by atoms with Gasteiger partial charge in [0.2, 0.25) is 5.78 Å². The highest BCUT2D eigenvalue weighted by molar-refractivity contribution is 5.99. The van der Waals surface area contributed by atoms with Gasteiger partial charge in [-0.25, -0.2) is 4.39 Å². The summed E-state index contributed by atoms with van der Waals surface area (Å²) in [4.78, 5) is 13.1. The van der Waals surface area contributed by atoms with Crippen LogP contribution in [0.4, 0.5) is 4.39 Å². The van der Waals surface area contributed by atoms with Gasteiger partial charge in [0.05, 0.1) is 0 Å². The molecule has 1 saturated carbocycles. The van der Waals surface area contributed by atoms with E-state index >= 15 is 0 Å². The predicted molar refractivity (Wildman–Crippen MR) is 158 cm³/mol. The van der Waals surface area contributed by atoms with Crippen molar-refractivity contribution < 1.29 is 23.1 Å². The predicted octanol–water partition coefficient (Wildman–Crippen LogP) is 7.09. The highest BCUT2D eigenvalue weighted by atomic mass is 19.1. The SMILES string of the molecule is CCc1cc(F)cc(O[C@H](C)CNC(C)CCC(C)C(=O)c2cc3ccc(O[C@H]4C[C@@H](NC(C)C)C4)cc3o2)c1. The van der Waals surface area contributed by atoms with Crippen molar-refractivity contribution in [2.75, 3.05) is 6.54 Å². The van der Waals surface area contributed by atoms with Crippen LogP contribution >= 0.6 is 0 Å². The number of carbonyl (C=O) groups is 1. The van der Waals surface area contributed by atoms with Gasteiger partial charge in [-0.2, -0.15) is 0 Å². The number of fused-ring (bicyclic) bond motifs is 1. The molecule has 0 amide bonds. The number of ketones is 1. The first kappa shape index (κ1) is 30.1. The Morgan fingerprint density at radius 2 is 1.80 bits per heavy atom. The molecule has 1 aliphatic rings.